The van der Waals surface area contributed by atoms with E-state index in [1.165, 1.54) is 6.33 Å². The van der Waals surface area contributed by atoms with Crippen molar-refractivity contribution in [2.45, 2.75) is 6.54 Å². The van der Waals surface area contributed by atoms with Crippen LogP contribution < -0.4 is 5.73 Å². The zero-order valence-electron chi connectivity index (χ0n) is 8.33. The molecule has 0 aliphatic heterocycles. The summed E-state index contributed by atoms with van der Waals surface area (Å²) in [6.45, 7) is 0.583. The predicted molar refractivity (Wildman–Crippen MR) is 57.4 cm³/mol. The third-order valence-corrected chi connectivity index (χ3v) is 2.30. The third-order valence-electron chi connectivity index (χ3n) is 2.30. The van der Waals surface area contributed by atoms with Crippen molar-refractivity contribution < 1.29 is 0 Å². The van der Waals surface area contributed by atoms with Gasteiger partial charge in [-0.2, -0.15) is 0 Å². The molecule has 3 N–H and O–H groups in total. The summed E-state index contributed by atoms with van der Waals surface area (Å²) in [4.78, 5) is 19.4. The Hall–Kier alpha value is -2.44. The van der Waals surface area contributed by atoms with Gasteiger partial charge >= 0.3 is 0 Å². The van der Waals surface area contributed by atoms with Crippen LogP contribution in [0.2, 0.25) is 0 Å². The summed E-state index contributed by atoms with van der Waals surface area (Å²) in [6.07, 6.45) is 6.59. The first-order valence-corrected chi connectivity index (χ1v) is 4.74. The van der Waals surface area contributed by atoms with Gasteiger partial charge in [-0.1, -0.05) is 0 Å². The smallest absolute Gasteiger partial charge is 0.165 e. The van der Waals surface area contributed by atoms with E-state index in [9.17, 15) is 0 Å². The van der Waals surface area contributed by atoms with Gasteiger partial charge in [0.2, 0.25) is 0 Å². The molecule has 3 aromatic rings. The highest BCUT2D eigenvalue weighted by Gasteiger charge is 2.08. The second-order valence-electron chi connectivity index (χ2n) is 3.34. The Morgan fingerprint density at radius 3 is 3.00 bits per heavy atom. The minimum Gasteiger partial charge on any atom is -0.382 e. The fourth-order valence-electron chi connectivity index (χ4n) is 1.56. The molecule has 0 unspecified atom stereocenters. The normalized spacial score (nSPS) is 11.0. The van der Waals surface area contributed by atoms with E-state index in [0.717, 1.165) is 5.82 Å². The maximum atomic E-state index is 5.69. The largest absolute Gasteiger partial charge is 0.382 e. The highest BCUT2D eigenvalue weighted by molar-refractivity contribution is 5.81. The Labute approximate surface area is 90.4 Å². The Morgan fingerprint density at radius 2 is 2.19 bits per heavy atom. The van der Waals surface area contributed by atoms with Crippen molar-refractivity contribution in [1.29, 1.82) is 0 Å². The average molecular weight is 215 g/mol. The Kier molecular flexibility index (Phi) is 1.82. The van der Waals surface area contributed by atoms with Crippen molar-refractivity contribution in [1.82, 2.24) is 29.5 Å². The summed E-state index contributed by atoms with van der Waals surface area (Å²) in [5.41, 5.74) is 7.02. The van der Waals surface area contributed by atoms with Crippen molar-refractivity contribution >= 4 is 17.0 Å². The van der Waals surface area contributed by atoms with Crippen LogP contribution in [0.4, 0.5) is 5.82 Å². The molecule has 3 rings (SSSR count). The van der Waals surface area contributed by atoms with Gasteiger partial charge in [-0.05, 0) is 0 Å². The average Bonchev–Trinajstić information content (AvgIpc) is 2.90. The number of nitrogens with two attached hydrogens (primary N) is 1. The molecule has 0 bridgehead atoms. The quantitative estimate of drug-likeness (QED) is 0.635. The summed E-state index contributed by atoms with van der Waals surface area (Å²) >= 11 is 0. The first-order chi connectivity index (χ1) is 7.84. The molecular formula is C9H9N7. The molecule has 0 aliphatic rings. The van der Waals surface area contributed by atoms with E-state index in [-0.39, 0.29) is 0 Å². The lowest BCUT2D eigenvalue weighted by Gasteiger charge is -2.00. The number of aromatic amines is 1. The number of rotatable bonds is 2. The van der Waals surface area contributed by atoms with Crippen LogP contribution in [0.3, 0.4) is 0 Å². The molecule has 0 aromatic carbocycles. The van der Waals surface area contributed by atoms with Crippen LogP contribution in [-0.2, 0) is 6.54 Å². The zero-order chi connectivity index (χ0) is 11.0. The van der Waals surface area contributed by atoms with Gasteiger partial charge in [0.15, 0.2) is 11.5 Å². The second kappa shape index (κ2) is 3.30. The summed E-state index contributed by atoms with van der Waals surface area (Å²) in [6, 6.07) is 0. The van der Waals surface area contributed by atoms with Gasteiger partial charge in [-0.25, -0.2) is 19.9 Å². The van der Waals surface area contributed by atoms with Gasteiger partial charge in [0.1, 0.15) is 17.7 Å². The molecule has 7 heteroatoms. The Morgan fingerprint density at radius 1 is 1.25 bits per heavy atom. The molecule has 3 aromatic heterocycles. The maximum Gasteiger partial charge on any atom is 0.165 e. The number of hydrogen-bond acceptors (Lipinski definition) is 5. The van der Waals surface area contributed by atoms with Gasteiger partial charge in [-0.3, -0.25) is 0 Å². The van der Waals surface area contributed by atoms with Crippen LogP contribution in [-0.4, -0.2) is 29.5 Å². The zero-order valence-corrected chi connectivity index (χ0v) is 8.33. The van der Waals surface area contributed by atoms with Gasteiger partial charge in [0.25, 0.3) is 0 Å². The standard InChI is InChI=1S/C9H9N7/c10-8-7-9(14-4-13-8)16(5-15-7)3-6-11-1-2-12-6/h1-2,4-5H,3H2,(H,11,12)(H2,10,13,14). The van der Waals surface area contributed by atoms with E-state index in [0.29, 0.717) is 23.5 Å². The van der Waals surface area contributed by atoms with Crippen LogP contribution in [0, 0.1) is 0 Å². The molecule has 80 valence electrons. The lowest BCUT2D eigenvalue weighted by molar-refractivity contribution is 0.769. The Bertz CT molecular complexity index is 610. The monoisotopic (exact) mass is 215 g/mol. The summed E-state index contributed by atoms with van der Waals surface area (Å²) < 4.78 is 1.87. The SMILES string of the molecule is Nc1ncnc2c1ncn2Cc1ncc[nH]1. The van der Waals surface area contributed by atoms with E-state index >= 15 is 0 Å². The van der Waals surface area contributed by atoms with Gasteiger partial charge < -0.3 is 15.3 Å². The van der Waals surface area contributed by atoms with E-state index in [1.807, 2.05) is 4.57 Å². The van der Waals surface area contributed by atoms with Gasteiger partial charge in [0, 0.05) is 12.4 Å². The molecule has 0 amide bonds. The van der Waals surface area contributed by atoms with Crippen molar-refractivity contribution in [3.8, 4) is 0 Å². The van der Waals surface area contributed by atoms with Crippen molar-refractivity contribution in [3.05, 3.63) is 30.9 Å². The maximum absolute atomic E-state index is 5.69. The summed E-state index contributed by atoms with van der Waals surface area (Å²) in [7, 11) is 0. The second-order valence-corrected chi connectivity index (χ2v) is 3.34. The van der Waals surface area contributed by atoms with Crippen LogP contribution in [0.1, 0.15) is 5.82 Å². The fourth-order valence-corrected chi connectivity index (χ4v) is 1.56. The molecule has 0 atom stereocenters. The predicted octanol–water partition coefficient (Wildman–Crippen LogP) is 0.180. The van der Waals surface area contributed by atoms with E-state index in [1.54, 1.807) is 18.7 Å². The summed E-state index contributed by atoms with van der Waals surface area (Å²) in [5, 5.41) is 0. The number of anilines is 1. The molecule has 0 aliphatic carbocycles. The van der Waals surface area contributed by atoms with Crippen LogP contribution >= 0.6 is 0 Å². The topological polar surface area (TPSA) is 98.3 Å². The minimum absolute atomic E-state index is 0.392. The number of imidazole rings is 2. The number of hydrogen-bond donors (Lipinski definition) is 2. The molecule has 0 saturated heterocycles. The molecule has 0 spiro atoms. The number of nitrogens with zero attached hydrogens (tertiary/aromatic N) is 5. The van der Waals surface area contributed by atoms with Gasteiger partial charge in [-0.15, -0.1) is 0 Å². The van der Waals surface area contributed by atoms with Crippen LogP contribution in [0.5, 0.6) is 0 Å². The van der Waals surface area contributed by atoms with Crippen LogP contribution in [0.15, 0.2) is 25.0 Å². The lowest BCUT2D eigenvalue weighted by Crippen LogP contribution is -2.01. The third kappa shape index (κ3) is 1.29. The summed E-state index contributed by atoms with van der Waals surface area (Å²) in [5.74, 6) is 1.24. The molecule has 7 nitrogen and oxygen atoms in total. The highest BCUT2D eigenvalue weighted by Crippen LogP contribution is 2.14. The lowest BCUT2D eigenvalue weighted by atomic mass is 10.5. The molecule has 0 saturated carbocycles. The van der Waals surface area contributed by atoms with Crippen molar-refractivity contribution in [2.24, 2.45) is 0 Å². The molecule has 0 fully saturated rings. The number of nitrogens with one attached hydrogen (secondary N) is 1. The van der Waals surface area contributed by atoms with Crippen LogP contribution in [0.25, 0.3) is 11.2 Å². The fraction of sp³-hybridized carbons (Fsp3) is 0.111. The van der Waals surface area contributed by atoms with Gasteiger partial charge in [0.05, 0.1) is 12.9 Å². The highest BCUT2D eigenvalue weighted by atomic mass is 15.1. The number of nitrogen functional groups attached to an aromatic ring is 1. The van der Waals surface area contributed by atoms with Crippen molar-refractivity contribution in [2.75, 3.05) is 5.73 Å². The molecule has 0 radical (unpaired) electrons. The molecular weight excluding hydrogens is 206 g/mol. The first kappa shape index (κ1) is 8.84. The van der Waals surface area contributed by atoms with E-state index < -0.39 is 0 Å². The number of aromatic nitrogens is 6. The van der Waals surface area contributed by atoms with E-state index in [4.69, 9.17) is 5.73 Å². The Balaban J connectivity index is 2.08. The number of H-pyrrole nitrogens is 1. The van der Waals surface area contributed by atoms with E-state index in [2.05, 4.69) is 24.9 Å². The van der Waals surface area contributed by atoms with Crippen molar-refractivity contribution in [3.63, 3.8) is 0 Å². The minimum atomic E-state index is 0.392. The molecule has 16 heavy (non-hydrogen) atoms. The number of fused-ring (bicyclic) bond motifs is 1. The first-order valence-electron chi connectivity index (χ1n) is 4.74. The molecule has 3 heterocycles.